The molecule has 1 unspecified atom stereocenters. The van der Waals surface area contributed by atoms with Gasteiger partial charge in [0.1, 0.15) is 0 Å². The highest BCUT2D eigenvalue weighted by molar-refractivity contribution is 7.90. The quantitative estimate of drug-likeness (QED) is 0.305. The first-order valence-corrected chi connectivity index (χ1v) is 11.6. The smallest absolute Gasteiger partial charge is 0.264 e. The van der Waals surface area contributed by atoms with Crippen LogP contribution < -0.4 is 0 Å². The van der Waals surface area contributed by atoms with E-state index in [0.29, 0.717) is 6.54 Å². The fraction of sp³-hybridized carbons (Fsp3) is 0.250. The molecular weight excluding hydrogens is 408 g/mol. The van der Waals surface area contributed by atoms with Gasteiger partial charge < -0.3 is 0 Å². The molecule has 1 aliphatic rings. The second-order valence-corrected chi connectivity index (χ2v) is 9.54. The number of benzene rings is 3. The van der Waals surface area contributed by atoms with Crippen molar-refractivity contribution >= 4 is 10.0 Å². The zero-order valence-electron chi connectivity index (χ0n) is 17.6. The Morgan fingerprint density at radius 2 is 1.71 bits per heavy atom. The fourth-order valence-electron chi connectivity index (χ4n) is 4.25. The third-order valence-corrected chi connectivity index (χ3v) is 7.11. The first kappa shape index (κ1) is 21.1. The molecule has 0 saturated carbocycles. The Labute approximate surface area is 182 Å². The van der Waals surface area contributed by atoms with Crippen molar-refractivity contribution in [3.8, 4) is 0 Å². The standard InChI is InChI=1S/C24H24N4O2S/c1-17-14-21-12-13-28(16-19-8-10-22(11-9-19)31(29,30)27-26-25)24(23(21)15-18(17)2)20-6-4-3-5-7-20/h3-11,14-15,24H,12-13,16H2,1-2H3. The van der Waals surface area contributed by atoms with E-state index in [9.17, 15) is 8.42 Å². The highest BCUT2D eigenvalue weighted by atomic mass is 32.2. The van der Waals surface area contributed by atoms with E-state index in [4.69, 9.17) is 5.53 Å². The summed E-state index contributed by atoms with van der Waals surface area (Å²) >= 11 is 0. The number of azide groups is 1. The van der Waals surface area contributed by atoms with Crippen molar-refractivity contribution < 1.29 is 8.42 Å². The van der Waals surface area contributed by atoms with Gasteiger partial charge >= 0.3 is 0 Å². The van der Waals surface area contributed by atoms with Crippen LogP contribution in [0.2, 0.25) is 0 Å². The largest absolute Gasteiger partial charge is 0.288 e. The minimum Gasteiger partial charge on any atom is -0.288 e. The lowest BCUT2D eigenvalue weighted by Crippen LogP contribution is -2.35. The van der Waals surface area contributed by atoms with E-state index in [1.165, 1.54) is 39.9 Å². The number of aryl methyl sites for hydroxylation is 2. The predicted octanol–water partition coefficient (Wildman–Crippen LogP) is 5.45. The Kier molecular flexibility index (Phi) is 5.83. The van der Waals surface area contributed by atoms with Crippen LogP contribution in [0.3, 0.4) is 0 Å². The Bertz CT molecular complexity index is 1250. The lowest BCUT2D eigenvalue weighted by Gasteiger charge is -2.38. The van der Waals surface area contributed by atoms with E-state index in [-0.39, 0.29) is 10.9 Å². The molecule has 6 nitrogen and oxygen atoms in total. The lowest BCUT2D eigenvalue weighted by molar-refractivity contribution is 0.204. The van der Waals surface area contributed by atoms with Crippen LogP contribution in [-0.2, 0) is 23.0 Å². The zero-order chi connectivity index (χ0) is 22.0. The van der Waals surface area contributed by atoms with E-state index in [2.05, 4.69) is 64.6 Å². The fourth-order valence-corrected chi connectivity index (χ4v) is 4.92. The molecule has 1 heterocycles. The minimum absolute atomic E-state index is 0.00347. The van der Waals surface area contributed by atoms with Gasteiger partial charge in [-0.3, -0.25) is 4.90 Å². The van der Waals surface area contributed by atoms with Gasteiger partial charge in [-0.25, -0.2) is 8.42 Å². The summed E-state index contributed by atoms with van der Waals surface area (Å²) in [6.45, 7) is 5.91. The van der Waals surface area contributed by atoms with E-state index in [1.54, 1.807) is 12.1 Å². The number of nitrogens with zero attached hydrogens (tertiary/aromatic N) is 4. The molecule has 0 N–H and O–H groups in total. The number of rotatable bonds is 5. The third-order valence-electron chi connectivity index (χ3n) is 5.95. The van der Waals surface area contributed by atoms with Crippen LogP contribution in [0.5, 0.6) is 0 Å². The van der Waals surface area contributed by atoms with Crippen LogP contribution in [0.4, 0.5) is 0 Å². The van der Waals surface area contributed by atoms with E-state index in [0.717, 1.165) is 18.5 Å². The van der Waals surface area contributed by atoms with Crippen LogP contribution in [0.15, 0.2) is 76.1 Å². The maximum absolute atomic E-state index is 11.9. The number of sulfonamides is 1. The first-order chi connectivity index (χ1) is 14.9. The normalized spacial score (nSPS) is 16.4. The second kappa shape index (κ2) is 8.55. The molecule has 0 saturated heterocycles. The Balaban J connectivity index is 1.69. The molecule has 1 aliphatic heterocycles. The second-order valence-electron chi connectivity index (χ2n) is 7.96. The van der Waals surface area contributed by atoms with Crippen molar-refractivity contribution in [2.45, 2.75) is 37.8 Å². The summed E-state index contributed by atoms with van der Waals surface area (Å²) in [5.74, 6) is 0. The molecule has 0 radical (unpaired) electrons. The van der Waals surface area contributed by atoms with Gasteiger partial charge in [0.05, 0.1) is 10.9 Å². The third kappa shape index (κ3) is 4.35. The van der Waals surface area contributed by atoms with Crippen molar-refractivity contribution in [3.05, 3.63) is 111 Å². The zero-order valence-corrected chi connectivity index (χ0v) is 18.4. The van der Waals surface area contributed by atoms with Crippen molar-refractivity contribution in [3.63, 3.8) is 0 Å². The lowest BCUT2D eigenvalue weighted by atomic mass is 9.85. The van der Waals surface area contributed by atoms with Gasteiger partial charge in [-0.15, -0.1) is 0 Å². The Morgan fingerprint density at radius 1 is 1.03 bits per heavy atom. The van der Waals surface area contributed by atoms with Crippen LogP contribution >= 0.6 is 0 Å². The highest BCUT2D eigenvalue weighted by Gasteiger charge is 2.29. The molecule has 0 bridgehead atoms. The van der Waals surface area contributed by atoms with Crippen LogP contribution in [0.1, 0.15) is 39.4 Å². The summed E-state index contributed by atoms with van der Waals surface area (Å²) in [4.78, 5) is 4.84. The van der Waals surface area contributed by atoms with Gasteiger partial charge in [0.15, 0.2) is 0 Å². The molecule has 0 aliphatic carbocycles. The Morgan fingerprint density at radius 3 is 2.39 bits per heavy atom. The topological polar surface area (TPSA) is 86.1 Å². The molecule has 4 rings (SSSR count). The van der Waals surface area contributed by atoms with Crippen LogP contribution in [0, 0.1) is 13.8 Å². The van der Waals surface area contributed by atoms with E-state index in [1.807, 2.05) is 6.07 Å². The predicted molar refractivity (Wildman–Crippen MR) is 121 cm³/mol. The minimum atomic E-state index is -3.97. The molecule has 0 spiro atoms. The average molecular weight is 433 g/mol. The summed E-state index contributed by atoms with van der Waals surface area (Å²) in [7, 11) is -3.97. The van der Waals surface area contributed by atoms with Gasteiger partial charge in [0.25, 0.3) is 10.0 Å². The van der Waals surface area contributed by atoms with Gasteiger partial charge in [0.2, 0.25) is 0 Å². The molecule has 0 aromatic heterocycles. The van der Waals surface area contributed by atoms with Gasteiger partial charge in [0, 0.05) is 22.5 Å². The SMILES string of the molecule is Cc1cc2c(cc1C)C(c1ccccc1)N(Cc1ccc(S(=O)(=O)N=[N+]=[N-])cc1)CC2. The molecule has 0 amide bonds. The summed E-state index contributed by atoms with van der Waals surface area (Å²) in [5.41, 5.74) is 16.0. The number of fused-ring (bicyclic) bond motifs is 1. The van der Waals surface area contributed by atoms with Crippen LogP contribution in [0.25, 0.3) is 10.4 Å². The molecule has 158 valence electrons. The summed E-state index contributed by atoms with van der Waals surface area (Å²) in [5, 5.41) is 0. The van der Waals surface area contributed by atoms with Crippen LogP contribution in [-0.4, -0.2) is 19.9 Å². The highest BCUT2D eigenvalue weighted by Crippen LogP contribution is 2.37. The van der Waals surface area contributed by atoms with Gasteiger partial charge in [-0.2, -0.15) is 0 Å². The first-order valence-electron chi connectivity index (χ1n) is 10.2. The summed E-state index contributed by atoms with van der Waals surface area (Å²) < 4.78 is 26.8. The molecule has 1 atom stereocenters. The molecule has 31 heavy (non-hydrogen) atoms. The monoisotopic (exact) mass is 432 g/mol. The van der Waals surface area contributed by atoms with E-state index >= 15 is 0 Å². The maximum atomic E-state index is 11.9. The average Bonchev–Trinajstić information content (AvgIpc) is 2.76. The molecule has 3 aromatic carbocycles. The summed E-state index contributed by atoms with van der Waals surface area (Å²) in [6, 6.07) is 21.8. The Hall–Kier alpha value is -3.12. The maximum Gasteiger partial charge on any atom is 0.264 e. The van der Waals surface area contributed by atoms with Crippen molar-refractivity contribution in [2.75, 3.05) is 6.54 Å². The molecule has 7 heteroatoms. The van der Waals surface area contributed by atoms with Gasteiger partial charge in [-0.05, 0) is 71.3 Å². The summed E-state index contributed by atoms with van der Waals surface area (Å²) in [6.07, 6.45) is 0.975. The van der Waals surface area contributed by atoms with Crippen molar-refractivity contribution in [1.29, 1.82) is 0 Å². The molecule has 3 aromatic rings. The van der Waals surface area contributed by atoms with E-state index < -0.39 is 10.0 Å². The van der Waals surface area contributed by atoms with Crippen molar-refractivity contribution in [1.82, 2.24) is 4.90 Å². The van der Waals surface area contributed by atoms with Gasteiger partial charge in [-0.1, -0.05) is 54.6 Å². The molecule has 0 fully saturated rings. The number of hydrogen-bond acceptors (Lipinski definition) is 3. The molecular formula is C24H24N4O2S. The number of hydrogen-bond donors (Lipinski definition) is 0. The van der Waals surface area contributed by atoms with Crippen molar-refractivity contribution in [2.24, 2.45) is 4.52 Å².